The summed E-state index contributed by atoms with van der Waals surface area (Å²) in [4.78, 5) is 37.0. The van der Waals surface area contributed by atoms with Gasteiger partial charge in [-0.15, -0.1) is 0 Å². The van der Waals surface area contributed by atoms with Gasteiger partial charge in [-0.1, -0.05) is 0 Å². The van der Waals surface area contributed by atoms with E-state index in [4.69, 9.17) is 5.11 Å². The van der Waals surface area contributed by atoms with Gasteiger partial charge in [0.05, 0.1) is 6.54 Å². The molecule has 0 atom stereocenters. The number of carbonyl (C=O) groups is 3. The molecule has 1 aromatic rings. The summed E-state index contributed by atoms with van der Waals surface area (Å²) in [7, 11) is 0. The SMILES string of the molecule is CCNC(=O)CNC(=O)c1ccnc(C(=O)O)c1. The zero-order valence-electron chi connectivity index (χ0n) is 9.77. The Morgan fingerprint density at radius 3 is 2.67 bits per heavy atom. The summed E-state index contributed by atoms with van der Waals surface area (Å²) < 4.78 is 0. The van der Waals surface area contributed by atoms with Gasteiger partial charge in [0.1, 0.15) is 5.69 Å². The molecule has 0 fully saturated rings. The van der Waals surface area contributed by atoms with E-state index in [0.717, 1.165) is 6.07 Å². The maximum atomic E-state index is 11.6. The summed E-state index contributed by atoms with van der Waals surface area (Å²) >= 11 is 0. The molecule has 1 rings (SSSR count). The Kier molecular flexibility index (Phi) is 4.79. The summed E-state index contributed by atoms with van der Waals surface area (Å²) in [6.07, 6.45) is 1.23. The Morgan fingerprint density at radius 2 is 2.06 bits per heavy atom. The number of carboxylic acids is 1. The fraction of sp³-hybridized carbons (Fsp3) is 0.273. The van der Waals surface area contributed by atoms with Crippen molar-refractivity contribution in [1.82, 2.24) is 15.6 Å². The first-order valence-corrected chi connectivity index (χ1v) is 5.28. The largest absolute Gasteiger partial charge is 0.477 e. The van der Waals surface area contributed by atoms with Gasteiger partial charge in [-0.2, -0.15) is 0 Å². The number of nitrogens with one attached hydrogen (secondary N) is 2. The van der Waals surface area contributed by atoms with E-state index in [1.54, 1.807) is 6.92 Å². The molecule has 7 nitrogen and oxygen atoms in total. The van der Waals surface area contributed by atoms with Gasteiger partial charge in [-0.25, -0.2) is 9.78 Å². The highest BCUT2D eigenvalue weighted by atomic mass is 16.4. The van der Waals surface area contributed by atoms with Gasteiger partial charge in [0, 0.05) is 18.3 Å². The van der Waals surface area contributed by atoms with Gasteiger partial charge >= 0.3 is 5.97 Å². The summed E-state index contributed by atoms with van der Waals surface area (Å²) in [6.45, 7) is 2.09. The van der Waals surface area contributed by atoms with Crippen molar-refractivity contribution in [1.29, 1.82) is 0 Å². The molecule has 2 amide bonds. The molecule has 1 aromatic heterocycles. The number of aromatic nitrogens is 1. The number of hydrogen-bond donors (Lipinski definition) is 3. The Bertz CT molecular complexity index is 473. The van der Waals surface area contributed by atoms with Gasteiger partial charge in [-0.3, -0.25) is 9.59 Å². The third-order valence-electron chi connectivity index (χ3n) is 2.02. The van der Waals surface area contributed by atoms with E-state index < -0.39 is 11.9 Å². The number of nitrogens with zero attached hydrogens (tertiary/aromatic N) is 1. The third kappa shape index (κ3) is 3.85. The van der Waals surface area contributed by atoms with Gasteiger partial charge in [0.25, 0.3) is 5.91 Å². The van der Waals surface area contributed by atoms with Crippen LogP contribution in [0.4, 0.5) is 0 Å². The van der Waals surface area contributed by atoms with Crippen LogP contribution in [-0.4, -0.2) is 41.0 Å². The van der Waals surface area contributed by atoms with E-state index in [1.807, 2.05) is 0 Å². The molecule has 7 heteroatoms. The van der Waals surface area contributed by atoms with Crippen molar-refractivity contribution in [3.05, 3.63) is 29.6 Å². The minimum atomic E-state index is -1.21. The third-order valence-corrected chi connectivity index (χ3v) is 2.02. The lowest BCUT2D eigenvalue weighted by atomic mass is 10.2. The number of rotatable bonds is 5. The quantitative estimate of drug-likeness (QED) is 0.662. The Balaban J connectivity index is 2.64. The number of amides is 2. The smallest absolute Gasteiger partial charge is 0.354 e. The normalized spacial score (nSPS) is 9.61. The first-order chi connectivity index (χ1) is 8.54. The van der Waals surface area contributed by atoms with Crippen LogP contribution in [0.25, 0.3) is 0 Å². The van der Waals surface area contributed by atoms with Crippen molar-refractivity contribution in [2.24, 2.45) is 0 Å². The molecule has 0 spiro atoms. The predicted molar refractivity (Wildman–Crippen MR) is 62.2 cm³/mol. The highest BCUT2D eigenvalue weighted by Gasteiger charge is 2.11. The van der Waals surface area contributed by atoms with E-state index in [0.29, 0.717) is 6.54 Å². The molecule has 0 saturated carbocycles. The molecule has 0 unspecified atom stereocenters. The minimum absolute atomic E-state index is 0.145. The summed E-state index contributed by atoms with van der Waals surface area (Å²) in [6, 6.07) is 2.52. The lowest BCUT2D eigenvalue weighted by Gasteiger charge is -2.05. The Labute approximate surface area is 103 Å². The van der Waals surface area contributed by atoms with E-state index in [2.05, 4.69) is 15.6 Å². The zero-order chi connectivity index (χ0) is 13.5. The first-order valence-electron chi connectivity index (χ1n) is 5.28. The number of carbonyl (C=O) groups excluding carboxylic acids is 2. The molecule has 0 aliphatic rings. The summed E-state index contributed by atoms with van der Waals surface area (Å²) in [5.41, 5.74) is -0.0765. The van der Waals surface area contributed by atoms with Crippen molar-refractivity contribution < 1.29 is 19.5 Å². The minimum Gasteiger partial charge on any atom is -0.477 e. The topological polar surface area (TPSA) is 108 Å². The van der Waals surface area contributed by atoms with Crippen molar-refractivity contribution in [2.45, 2.75) is 6.92 Å². The van der Waals surface area contributed by atoms with E-state index in [1.165, 1.54) is 12.3 Å². The number of hydrogen-bond acceptors (Lipinski definition) is 4. The molecular weight excluding hydrogens is 238 g/mol. The van der Waals surface area contributed by atoms with Crippen LogP contribution < -0.4 is 10.6 Å². The first kappa shape index (κ1) is 13.6. The van der Waals surface area contributed by atoms with Gasteiger partial charge in [0.2, 0.25) is 5.91 Å². The van der Waals surface area contributed by atoms with Crippen LogP contribution in [0.2, 0.25) is 0 Å². The molecule has 1 heterocycles. The maximum Gasteiger partial charge on any atom is 0.354 e. The van der Waals surface area contributed by atoms with Crippen LogP contribution >= 0.6 is 0 Å². The predicted octanol–water partition coefficient (Wildman–Crippen LogP) is -0.354. The van der Waals surface area contributed by atoms with Gasteiger partial charge in [-0.05, 0) is 19.1 Å². The number of likely N-dealkylation sites (N-methyl/N-ethyl adjacent to an activating group) is 1. The van der Waals surface area contributed by atoms with Crippen LogP contribution in [0, 0.1) is 0 Å². The fourth-order valence-corrected chi connectivity index (χ4v) is 1.21. The van der Waals surface area contributed by atoms with Crippen molar-refractivity contribution in [2.75, 3.05) is 13.1 Å². The van der Waals surface area contributed by atoms with E-state index in [-0.39, 0.29) is 23.7 Å². The number of carboxylic acid groups (broad SMARTS) is 1. The van der Waals surface area contributed by atoms with E-state index >= 15 is 0 Å². The second-order valence-electron chi connectivity index (χ2n) is 3.37. The second-order valence-corrected chi connectivity index (χ2v) is 3.37. The van der Waals surface area contributed by atoms with Crippen molar-refractivity contribution in [3.63, 3.8) is 0 Å². The highest BCUT2D eigenvalue weighted by molar-refractivity contribution is 5.98. The van der Waals surface area contributed by atoms with Gasteiger partial charge < -0.3 is 15.7 Å². The molecule has 0 aliphatic carbocycles. The molecule has 96 valence electrons. The van der Waals surface area contributed by atoms with Crippen LogP contribution in [0.1, 0.15) is 27.8 Å². The summed E-state index contributed by atoms with van der Waals surface area (Å²) in [5.74, 6) is -2.04. The van der Waals surface area contributed by atoms with E-state index in [9.17, 15) is 14.4 Å². The second kappa shape index (κ2) is 6.33. The maximum absolute atomic E-state index is 11.6. The number of aromatic carboxylic acids is 1. The molecule has 0 aliphatic heterocycles. The van der Waals surface area contributed by atoms with Crippen LogP contribution in [-0.2, 0) is 4.79 Å². The van der Waals surface area contributed by atoms with Crippen LogP contribution in [0.5, 0.6) is 0 Å². The molecule has 0 saturated heterocycles. The van der Waals surface area contributed by atoms with Crippen molar-refractivity contribution in [3.8, 4) is 0 Å². The highest BCUT2D eigenvalue weighted by Crippen LogP contribution is 2.01. The molecule has 0 radical (unpaired) electrons. The Morgan fingerprint density at radius 1 is 1.33 bits per heavy atom. The number of pyridine rings is 1. The fourth-order valence-electron chi connectivity index (χ4n) is 1.21. The average molecular weight is 251 g/mol. The lowest BCUT2D eigenvalue weighted by Crippen LogP contribution is -2.36. The molecule has 0 aromatic carbocycles. The molecular formula is C11H13N3O4. The standard InChI is InChI=1S/C11H13N3O4/c1-2-12-9(15)6-14-10(16)7-3-4-13-8(5-7)11(17)18/h3-5H,2,6H2,1H3,(H,12,15)(H,14,16)(H,17,18). The van der Waals surface area contributed by atoms with Crippen LogP contribution in [0.3, 0.4) is 0 Å². The van der Waals surface area contributed by atoms with Crippen molar-refractivity contribution >= 4 is 17.8 Å². The Hall–Kier alpha value is -2.44. The molecule has 3 N–H and O–H groups in total. The average Bonchev–Trinajstić information content (AvgIpc) is 2.36. The monoisotopic (exact) mass is 251 g/mol. The zero-order valence-corrected chi connectivity index (χ0v) is 9.77. The summed E-state index contributed by atoms with van der Waals surface area (Å²) in [5, 5.41) is 13.6. The lowest BCUT2D eigenvalue weighted by molar-refractivity contribution is -0.120. The van der Waals surface area contributed by atoms with Crippen LogP contribution in [0.15, 0.2) is 18.3 Å². The molecule has 18 heavy (non-hydrogen) atoms. The van der Waals surface area contributed by atoms with Gasteiger partial charge in [0.15, 0.2) is 0 Å². The molecule has 0 bridgehead atoms.